The molecule has 0 aromatic heterocycles. The molecule has 0 heterocycles. The fraction of sp³-hybridized carbons (Fsp3) is 0.818. The van der Waals surface area contributed by atoms with Crippen molar-refractivity contribution < 1.29 is 40.6 Å². The number of hydrogen-bond acceptors (Lipinski definition) is 2. The van der Waals surface area contributed by atoms with Gasteiger partial charge in [-0.1, -0.05) is 20.3 Å². The second-order valence-corrected chi connectivity index (χ2v) is 4.74. The minimum atomic E-state index is -0.196. The van der Waals surface area contributed by atoms with E-state index in [1.807, 2.05) is 13.8 Å². The summed E-state index contributed by atoms with van der Waals surface area (Å²) in [5.41, 5.74) is -0.196. The van der Waals surface area contributed by atoms with Gasteiger partial charge in [0, 0.05) is 17.8 Å². The van der Waals surface area contributed by atoms with Gasteiger partial charge >= 0.3 is 29.6 Å². The van der Waals surface area contributed by atoms with E-state index in [9.17, 15) is 9.59 Å². The minimum absolute atomic E-state index is 0. The molecule has 1 saturated carbocycles. The summed E-state index contributed by atoms with van der Waals surface area (Å²) in [6.07, 6.45) is 3.40. The number of carbonyl (C=O) groups excluding carboxylic acids is 2. The Hall–Kier alpha value is 0.340. The maximum atomic E-state index is 11.8. The number of ketones is 2. The molecular formula is C11H19NaO2. The van der Waals surface area contributed by atoms with Crippen LogP contribution in [0.2, 0.25) is 0 Å². The topological polar surface area (TPSA) is 34.1 Å². The molecule has 0 N–H and O–H groups in total. The first-order chi connectivity index (χ1) is 5.93. The summed E-state index contributed by atoms with van der Waals surface area (Å²) in [6.45, 7) is 5.54. The average molecular weight is 206 g/mol. The molecule has 0 spiro atoms. The van der Waals surface area contributed by atoms with Crippen LogP contribution in [0.5, 0.6) is 0 Å². The van der Waals surface area contributed by atoms with Crippen LogP contribution in [0.15, 0.2) is 0 Å². The van der Waals surface area contributed by atoms with E-state index in [1.165, 1.54) is 0 Å². The van der Waals surface area contributed by atoms with Gasteiger partial charge in [0.15, 0.2) is 0 Å². The van der Waals surface area contributed by atoms with Crippen LogP contribution < -0.4 is 29.6 Å². The van der Waals surface area contributed by atoms with Gasteiger partial charge in [0.1, 0.15) is 11.6 Å². The van der Waals surface area contributed by atoms with Crippen LogP contribution in [0.25, 0.3) is 0 Å². The van der Waals surface area contributed by atoms with Crippen LogP contribution >= 0.6 is 0 Å². The largest absolute Gasteiger partial charge is 1.00 e. The molecular weight excluding hydrogens is 187 g/mol. The van der Waals surface area contributed by atoms with E-state index in [1.54, 1.807) is 6.92 Å². The van der Waals surface area contributed by atoms with E-state index in [2.05, 4.69) is 0 Å². The van der Waals surface area contributed by atoms with Crippen LogP contribution in [-0.4, -0.2) is 11.6 Å². The van der Waals surface area contributed by atoms with Crippen molar-refractivity contribution in [1.29, 1.82) is 0 Å². The maximum Gasteiger partial charge on any atom is 1.00 e. The Bertz CT molecular complexity index is 239. The quantitative estimate of drug-likeness (QED) is 0.570. The molecule has 0 amide bonds. The summed E-state index contributed by atoms with van der Waals surface area (Å²) in [5, 5.41) is 0. The third kappa shape index (κ3) is 3.48. The standard InChI is InChI=1S/C11H18O2.Na.H/c1-8(12)7-9-5-4-6-11(2,3)10(9)13;;/h9H,4-7H2,1-3H3;;/q;+1;-1. The van der Waals surface area contributed by atoms with E-state index in [-0.39, 0.29) is 53.9 Å². The number of Topliss-reactive ketones (excluding diaryl/α,β-unsaturated/α-hetero) is 2. The van der Waals surface area contributed by atoms with Crippen molar-refractivity contribution in [3.05, 3.63) is 0 Å². The predicted octanol–water partition coefficient (Wildman–Crippen LogP) is -0.523. The number of carbonyl (C=O) groups is 2. The molecule has 0 saturated heterocycles. The van der Waals surface area contributed by atoms with Crippen molar-refractivity contribution in [1.82, 2.24) is 0 Å². The molecule has 1 fully saturated rings. The predicted molar refractivity (Wildman–Crippen MR) is 52.5 cm³/mol. The molecule has 0 aromatic rings. The fourth-order valence-corrected chi connectivity index (χ4v) is 2.14. The Balaban J connectivity index is 0. The summed E-state index contributed by atoms with van der Waals surface area (Å²) < 4.78 is 0. The first kappa shape index (κ1) is 14.3. The Kier molecular flexibility index (Phi) is 5.56. The summed E-state index contributed by atoms with van der Waals surface area (Å²) in [6, 6.07) is 0. The molecule has 0 bridgehead atoms. The monoisotopic (exact) mass is 206 g/mol. The average Bonchev–Trinajstić information content (AvgIpc) is 1.98. The zero-order chi connectivity index (χ0) is 10.1. The Morgan fingerprint density at radius 1 is 1.57 bits per heavy atom. The minimum Gasteiger partial charge on any atom is -1.00 e. The molecule has 0 aromatic carbocycles. The number of hydrogen-bond donors (Lipinski definition) is 0. The van der Waals surface area contributed by atoms with Crippen LogP contribution in [-0.2, 0) is 9.59 Å². The van der Waals surface area contributed by atoms with Crippen LogP contribution in [0.3, 0.4) is 0 Å². The van der Waals surface area contributed by atoms with Crippen LogP contribution in [0.4, 0.5) is 0 Å². The van der Waals surface area contributed by atoms with E-state index in [4.69, 9.17) is 0 Å². The van der Waals surface area contributed by atoms with Gasteiger partial charge in [0.2, 0.25) is 0 Å². The van der Waals surface area contributed by atoms with Crippen molar-refractivity contribution >= 4 is 11.6 Å². The van der Waals surface area contributed by atoms with Gasteiger partial charge in [0.25, 0.3) is 0 Å². The Morgan fingerprint density at radius 3 is 2.64 bits per heavy atom. The van der Waals surface area contributed by atoms with Crippen LogP contribution in [0, 0.1) is 11.3 Å². The molecule has 1 aliphatic carbocycles. The molecule has 14 heavy (non-hydrogen) atoms. The van der Waals surface area contributed by atoms with E-state index in [0.29, 0.717) is 6.42 Å². The van der Waals surface area contributed by atoms with Gasteiger partial charge in [-0.2, -0.15) is 0 Å². The second-order valence-electron chi connectivity index (χ2n) is 4.74. The van der Waals surface area contributed by atoms with Crippen molar-refractivity contribution in [3.63, 3.8) is 0 Å². The summed E-state index contributed by atoms with van der Waals surface area (Å²) in [7, 11) is 0. The molecule has 1 atom stereocenters. The zero-order valence-electron chi connectivity index (χ0n) is 10.7. The molecule has 0 aliphatic heterocycles. The molecule has 0 radical (unpaired) electrons. The van der Waals surface area contributed by atoms with Crippen molar-refractivity contribution in [3.8, 4) is 0 Å². The summed E-state index contributed by atoms with van der Waals surface area (Å²) in [5.74, 6) is 0.422. The number of rotatable bonds is 2. The molecule has 3 heteroatoms. The fourth-order valence-electron chi connectivity index (χ4n) is 2.14. The summed E-state index contributed by atoms with van der Waals surface area (Å²) in [4.78, 5) is 22.7. The molecule has 1 rings (SSSR count). The molecule has 1 unspecified atom stereocenters. The first-order valence-electron chi connectivity index (χ1n) is 4.97. The van der Waals surface area contributed by atoms with Gasteiger partial charge < -0.3 is 6.22 Å². The second kappa shape index (κ2) is 5.43. The molecule has 2 nitrogen and oxygen atoms in total. The summed E-state index contributed by atoms with van der Waals surface area (Å²) >= 11 is 0. The first-order valence-corrected chi connectivity index (χ1v) is 4.97. The third-order valence-corrected chi connectivity index (χ3v) is 2.93. The van der Waals surface area contributed by atoms with Crippen molar-refractivity contribution in [2.24, 2.45) is 11.3 Å². The van der Waals surface area contributed by atoms with E-state index < -0.39 is 0 Å². The Labute approximate surface area is 110 Å². The van der Waals surface area contributed by atoms with E-state index in [0.717, 1.165) is 19.3 Å². The van der Waals surface area contributed by atoms with Gasteiger partial charge in [0.05, 0.1) is 0 Å². The third-order valence-electron chi connectivity index (χ3n) is 2.93. The van der Waals surface area contributed by atoms with Crippen molar-refractivity contribution in [2.45, 2.75) is 46.5 Å². The maximum absolute atomic E-state index is 11.8. The Morgan fingerprint density at radius 2 is 2.14 bits per heavy atom. The molecule has 76 valence electrons. The van der Waals surface area contributed by atoms with Gasteiger partial charge in [-0.15, -0.1) is 0 Å². The van der Waals surface area contributed by atoms with E-state index >= 15 is 0 Å². The molecule has 1 aliphatic rings. The van der Waals surface area contributed by atoms with Crippen molar-refractivity contribution in [2.75, 3.05) is 0 Å². The zero-order valence-corrected chi connectivity index (χ0v) is 11.7. The van der Waals surface area contributed by atoms with Gasteiger partial charge in [-0.3, -0.25) is 4.79 Å². The van der Waals surface area contributed by atoms with Gasteiger partial charge in [-0.05, 0) is 19.8 Å². The smallest absolute Gasteiger partial charge is 1.00 e. The normalized spacial score (nSPS) is 25.4. The van der Waals surface area contributed by atoms with Crippen LogP contribution in [0.1, 0.15) is 47.9 Å². The SMILES string of the molecule is CC(=O)CC1CCCC(C)(C)C1=O.[H-].[Na+]. The van der Waals surface area contributed by atoms with Gasteiger partial charge in [-0.25, -0.2) is 0 Å².